The lowest BCUT2D eigenvalue weighted by molar-refractivity contribution is 0.0702. The quantitative estimate of drug-likeness (QED) is 0.632. The van der Waals surface area contributed by atoms with Gasteiger partial charge in [-0.2, -0.15) is 0 Å². The number of benzene rings is 1. The molecule has 0 heterocycles. The van der Waals surface area contributed by atoms with Gasteiger partial charge in [-0.1, -0.05) is 19.8 Å². The van der Waals surface area contributed by atoms with Gasteiger partial charge in [-0.15, -0.1) is 0 Å². The van der Waals surface area contributed by atoms with Crippen LogP contribution in [0.4, 0.5) is 5.69 Å². The average molecular weight is 327 g/mol. The number of carbonyl (C=O) groups is 1. The van der Waals surface area contributed by atoms with Crippen LogP contribution in [0, 0.1) is 0 Å². The van der Waals surface area contributed by atoms with Crippen LogP contribution < -0.4 is 5.73 Å². The zero-order chi connectivity index (χ0) is 14.4. The molecule has 1 rings (SSSR count). The predicted octanol–water partition coefficient (Wildman–Crippen LogP) is 4.07. The fourth-order valence-electron chi connectivity index (χ4n) is 1.97. The van der Waals surface area contributed by atoms with E-state index >= 15 is 0 Å². The molecule has 19 heavy (non-hydrogen) atoms. The van der Waals surface area contributed by atoms with Crippen LogP contribution in [-0.2, 0) is 0 Å². The van der Waals surface area contributed by atoms with Crippen molar-refractivity contribution in [1.29, 1.82) is 0 Å². The van der Waals surface area contributed by atoms with Crippen LogP contribution >= 0.6 is 15.9 Å². The van der Waals surface area contributed by atoms with Crippen LogP contribution in [-0.4, -0.2) is 23.4 Å². The third-order valence-electron chi connectivity index (χ3n) is 3.13. The molecular formula is C15H23BrN2O. The molecule has 0 spiro atoms. The number of unbranched alkanes of at least 4 members (excludes halogenated alkanes) is 2. The minimum Gasteiger partial charge on any atom is -0.398 e. The molecule has 0 aliphatic heterocycles. The summed E-state index contributed by atoms with van der Waals surface area (Å²) in [6, 6.07) is 5.58. The van der Waals surface area contributed by atoms with Gasteiger partial charge in [0.05, 0.1) is 0 Å². The van der Waals surface area contributed by atoms with E-state index in [9.17, 15) is 4.79 Å². The minimum atomic E-state index is 0.0605. The average Bonchev–Trinajstić information content (AvgIpc) is 2.37. The van der Waals surface area contributed by atoms with Gasteiger partial charge < -0.3 is 10.6 Å². The highest BCUT2D eigenvalue weighted by Crippen LogP contribution is 2.21. The smallest absolute Gasteiger partial charge is 0.254 e. The molecular weight excluding hydrogens is 304 g/mol. The lowest BCUT2D eigenvalue weighted by Crippen LogP contribution is -2.37. The highest BCUT2D eigenvalue weighted by molar-refractivity contribution is 9.10. The zero-order valence-electron chi connectivity index (χ0n) is 11.9. The monoisotopic (exact) mass is 326 g/mol. The van der Waals surface area contributed by atoms with E-state index in [1.807, 2.05) is 30.9 Å². The Kier molecular flexibility index (Phi) is 6.35. The highest BCUT2D eigenvalue weighted by Gasteiger charge is 2.18. The molecule has 0 aliphatic carbocycles. The van der Waals surface area contributed by atoms with Crippen LogP contribution in [0.25, 0.3) is 0 Å². The van der Waals surface area contributed by atoms with Crippen LogP contribution in [0.3, 0.4) is 0 Å². The molecule has 1 aromatic rings. The van der Waals surface area contributed by atoms with Crippen molar-refractivity contribution in [3.63, 3.8) is 0 Å². The molecule has 0 unspecified atom stereocenters. The van der Waals surface area contributed by atoms with Gasteiger partial charge in [0.25, 0.3) is 5.91 Å². The Morgan fingerprint density at radius 1 is 1.37 bits per heavy atom. The Balaban J connectivity index is 2.83. The zero-order valence-corrected chi connectivity index (χ0v) is 13.5. The van der Waals surface area contributed by atoms with E-state index in [0.717, 1.165) is 30.3 Å². The van der Waals surface area contributed by atoms with Crippen LogP contribution in [0.1, 0.15) is 50.4 Å². The molecule has 0 radical (unpaired) electrons. The number of anilines is 1. The van der Waals surface area contributed by atoms with Crippen molar-refractivity contribution in [2.24, 2.45) is 0 Å². The molecule has 2 N–H and O–H groups in total. The largest absolute Gasteiger partial charge is 0.398 e. The first-order valence-electron chi connectivity index (χ1n) is 6.83. The number of carbonyl (C=O) groups excluding carboxylic acids is 1. The molecule has 0 saturated carbocycles. The van der Waals surface area contributed by atoms with Crippen LogP contribution in [0.2, 0.25) is 0 Å². The third-order valence-corrected chi connectivity index (χ3v) is 3.85. The topological polar surface area (TPSA) is 46.3 Å². The summed E-state index contributed by atoms with van der Waals surface area (Å²) in [4.78, 5) is 14.4. The number of nitrogen functional groups attached to an aromatic ring is 1. The van der Waals surface area contributed by atoms with Crippen LogP contribution in [0.15, 0.2) is 22.7 Å². The number of hydrogen-bond acceptors (Lipinski definition) is 2. The summed E-state index contributed by atoms with van der Waals surface area (Å²) in [6.07, 6.45) is 3.36. The molecule has 0 saturated heterocycles. The van der Waals surface area contributed by atoms with E-state index < -0.39 is 0 Å². The summed E-state index contributed by atoms with van der Waals surface area (Å²) < 4.78 is 0.825. The summed E-state index contributed by atoms with van der Waals surface area (Å²) in [6.45, 7) is 7.06. The van der Waals surface area contributed by atoms with Gasteiger partial charge in [0, 0.05) is 28.3 Å². The van der Waals surface area contributed by atoms with Crippen molar-refractivity contribution in [3.8, 4) is 0 Å². The normalized spacial score (nSPS) is 10.8. The summed E-state index contributed by atoms with van der Waals surface area (Å²) in [5.41, 5.74) is 7.10. The van der Waals surface area contributed by atoms with E-state index in [2.05, 4.69) is 22.9 Å². The van der Waals surface area contributed by atoms with E-state index in [1.54, 1.807) is 6.07 Å². The lowest BCUT2D eigenvalue weighted by atomic mass is 10.1. The minimum absolute atomic E-state index is 0.0605. The molecule has 4 heteroatoms. The van der Waals surface area contributed by atoms with Gasteiger partial charge in [-0.25, -0.2) is 0 Å². The molecule has 106 valence electrons. The van der Waals surface area contributed by atoms with E-state index in [-0.39, 0.29) is 11.9 Å². The van der Waals surface area contributed by atoms with Crippen molar-refractivity contribution in [1.82, 2.24) is 4.90 Å². The number of hydrogen-bond donors (Lipinski definition) is 1. The Bertz CT molecular complexity index is 432. The molecule has 3 nitrogen and oxygen atoms in total. The third kappa shape index (κ3) is 4.53. The first-order valence-corrected chi connectivity index (χ1v) is 7.62. The second-order valence-electron chi connectivity index (χ2n) is 5.04. The van der Waals surface area contributed by atoms with Gasteiger partial charge in [0.1, 0.15) is 0 Å². The summed E-state index contributed by atoms with van der Waals surface area (Å²) in [7, 11) is 0. The first kappa shape index (κ1) is 16.0. The molecule has 0 aromatic heterocycles. The predicted molar refractivity (Wildman–Crippen MR) is 84.3 cm³/mol. The lowest BCUT2D eigenvalue weighted by Gasteiger charge is -2.27. The second kappa shape index (κ2) is 7.53. The number of amides is 1. The number of nitrogens with zero attached hydrogens (tertiary/aromatic N) is 1. The maximum Gasteiger partial charge on any atom is 0.254 e. The fraction of sp³-hybridized carbons (Fsp3) is 0.533. The van der Waals surface area contributed by atoms with Gasteiger partial charge in [0.2, 0.25) is 0 Å². The Labute approximate surface area is 124 Å². The van der Waals surface area contributed by atoms with E-state index in [0.29, 0.717) is 11.3 Å². The van der Waals surface area contributed by atoms with Crippen molar-refractivity contribution in [3.05, 3.63) is 28.2 Å². The number of halogens is 1. The van der Waals surface area contributed by atoms with Crippen LogP contribution in [0.5, 0.6) is 0 Å². The second-order valence-corrected chi connectivity index (χ2v) is 5.89. The summed E-state index contributed by atoms with van der Waals surface area (Å²) in [5, 5.41) is 0. The Morgan fingerprint density at radius 2 is 2.05 bits per heavy atom. The summed E-state index contributed by atoms with van der Waals surface area (Å²) >= 11 is 3.35. The molecule has 0 fully saturated rings. The molecule has 0 aliphatic rings. The van der Waals surface area contributed by atoms with Crippen molar-refractivity contribution < 1.29 is 4.79 Å². The first-order chi connectivity index (χ1) is 8.97. The Morgan fingerprint density at radius 3 is 2.58 bits per heavy atom. The standard InChI is InChI=1S/C15H23BrN2O/c1-4-5-6-9-18(11(2)3)15(19)12-7-8-13(16)14(17)10-12/h7-8,10-11H,4-6,9,17H2,1-3H3. The van der Waals surface area contributed by atoms with Gasteiger partial charge in [-0.05, 0) is 54.4 Å². The Hall–Kier alpha value is -1.03. The highest BCUT2D eigenvalue weighted by atomic mass is 79.9. The number of nitrogens with two attached hydrogens (primary N) is 1. The van der Waals surface area contributed by atoms with Gasteiger partial charge in [0.15, 0.2) is 0 Å². The SMILES string of the molecule is CCCCCN(C(=O)c1ccc(Br)c(N)c1)C(C)C. The molecule has 1 aromatic carbocycles. The summed E-state index contributed by atoms with van der Waals surface area (Å²) in [5.74, 6) is 0.0605. The number of rotatable bonds is 6. The fourth-order valence-corrected chi connectivity index (χ4v) is 2.22. The maximum atomic E-state index is 12.5. The van der Waals surface area contributed by atoms with Gasteiger partial charge >= 0.3 is 0 Å². The molecule has 0 atom stereocenters. The maximum absolute atomic E-state index is 12.5. The molecule has 1 amide bonds. The van der Waals surface area contributed by atoms with Gasteiger partial charge in [-0.3, -0.25) is 4.79 Å². The van der Waals surface area contributed by atoms with E-state index in [4.69, 9.17) is 5.73 Å². The molecule has 0 bridgehead atoms. The van der Waals surface area contributed by atoms with Crippen molar-refractivity contribution in [2.45, 2.75) is 46.1 Å². The van der Waals surface area contributed by atoms with Crippen molar-refractivity contribution >= 4 is 27.5 Å². The van der Waals surface area contributed by atoms with E-state index in [1.165, 1.54) is 0 Å². The van der Waals surface area contributed by atoms with Crippen molar-refractivity contribution in [2.75, 3.05) is 12.3 Å².